The third-order valence-electron chi connectivity index (χ3n) is 3.67. The van der Waals surface area contributed by atoms with Gasteiger partial charge in [-0.05, 0) is 62.6 Å². The van der Waals surface area contributed by atoms with Crippen LogP contribution in [0.15, 0.2) is 70.2 Å². The van der Waals surface area contributed by atoms with Crippen molar-refractivity contribution in [3.63, 3.8) is 0 Å². The summed E-state index contributed by atoms with van der Waals surface area (Å²) in [6.07, 6.45) is 1.55. The quantitative estimate of drug-likeness (QED) is 0.488. The molecular formula is C20H17BrN2O3. The van der Waals surface area contributed by atoms with Crippen LogP contribution in [0.25, 0.3) is 10.8 Å². The zero-order chi connectivity index (χ0) is 18.4. The fourth-order valence-electron chi connectivity index (χ4n) is 2.38. The van der Waals surface area contributed by atoms with Crippen LogP contribution in [-0.4, -0.2) is 25.8 Å². The Kier molecular flexibility index (Phi) is 5.86. The molecule has 0 saturated heterocycles. The highest BCUT2D eigenvalue weighted by Gasteiger charge is 2.03. The van der Waals surface area contributed by atoms with Crippen molar-refractivity contribution in [3.05, 3.63) is 70.7 Å². The summed E-state index contributed by atoms with van der Waals surface area (Å²) < 4.78 is 11.5. The smallest absolute Gasteiger partial charge is 0.277 e. The van der Waals surface area contributed by atoms with Gasteiger partial charge in [0.25, 0.3) is 5.91 Å². The molecule has 0 aliphatic heterocycles. The standard InChI is InChI=1S/C20H17BrN2O3/c1-25-19-9-6-14(10-18(19)21)12-22-23-20(24)13-26-17-8-7-15-4-2-3-5-16(15)11-17/h2-12H,13H2,1H3,(H,23,24)/b22-12-. The van der Waals surface area contributed by atoms with Gasteiger partial charge in [-0.1, -0.05) is 30.3 Å². The van der Waals surface area contributed by atoms with Crippen molar-refractivity contribution < 1.29 is 14.3 Å². The number of amides is 1. The summed E-state index contributed by atoms with van der Waals surface area (Å²) in [6.45, 7) is -0.109. The molecule has 0 aromatic heterocycles. The molecule has 3 rings (SSSR count). The maximum atomic E-state index is 11.9. The predicted molar refractivity (Wildman–Crippen MR) is 106 cm³/mol. The minimum atomic E-state index is -0.331. The third-order valence-corrected chi connectivity index (χ3v) is 4.29. The van der Waals surface area contributed by atoms with Crippen LogP contribution >= 0.6 is 15.9 Å². The van der Waals surface area contributed by atoms with Crippen molar-refractivity contribution in [2.75, 3.05) is 13.7 Å². The Balaban J connectivity index is 1.52. The number of fused-ring (bicyclic) bond motifs is 1. The Morgan fingerprint density at radius 2 is 1.92 bits per heavy atom. The average molecular weight is 413 g/mol. The number of rotatable bonds is 6. The number of nitrogens with one attached hydrogen (secondary N) is 1. The first-order valence-electron chi connectivity index (χ1n) is 7.93. The summed E-state index contributed by atoms with van der Waals surface area (Å²) in [5.41, 5.74) is 3.27. The van der Waals surface area contributed by atoms with Crippen LogP contribution in [0, 0.1) is 0 Å². The highest BCUT2D eigenvalue weighted by molar-refractivity contribution is 9.10. The first-order valence-corrected chi connectivity index (χ1v) is 8.72. The summed E-state index contributed by atoms with van der Waals surface area (Å²) in [4.78, 5) is 11.9. The maximum absolute atomic E-state index is 11.9. The summed E-state index contributed by atoms with van der Waals surface area (Å²) in [5.74, 6) is 1.04. The number of hydrogen-bond acceptors (Lipinski definition) is 4. The molecular weight excluding hydrogens is 396 g/mol. The van der Waals surface area contributed by atoms with Crippen LogP contribution in [0.2, 0.25) is 0 Å². The molecule has 0 aliphatic rings. The minimum Gasteiger partial charge on any atom is -0.496 e. The van der Waals surface area contributed by atoms with E-state index in [1.54, 1.807) is 13.3 Å². The van der Waals surface area contributed by atoms with Gasteiger partial charge in [-0.2, -0.15) is 5.10 Å². The minimum absolute atomic E-state index is 0.109. The van der Waals surface area contributed by atoms with Gasteiger partial charge in [0.15, 0.2) is 6.61 Å². The second-order valence-electron chi connectivity index (χ2n) is 5.48. The van der Waals surface area contributed by atoms with Crippen LogP contribution in [0.1, 0.15) is 5.56 Å². The average Bonchev–Trinajstić information content (AvgIpc) is 2.66. The van der Waals surface area contributed by atoms with Gasteiger partial charge in [0.05, 0.1) is 17.8 Å². The van der Waals surface area contributed by atoms with Crippen LogP contribution < -0.4 is 14.9 Å². The lowest BCUT2D eigenvalue weighted by Crippen LogP contribution is -2.24. The molecule has 132 valence electrons. The van der Waals surface area contributed by atoms with Crippen molar-refractivity contribution in [2.24, 2.45) is 5.10 Å². The zero-order valence-corrected chi connectivity index (χ0v) is 15.7. The van der Waals surface area contributed by atoms with Crippen molar-refractivity contribution in [1.29, 1.82) is 0 Å². The van der Waals surface area contributed by atoms with E-state index in [9.17, 15) is 4.79 Å². The van der Waals surface area contributed by atoms with Crippen molar-refractivity contribution in [3.8, 4) is 11.5 Å². The molecule has 0 unspecified atom stereocenters. The number of methoxy groups -OCH3 is 1. The fourth-order valence-corrected chi connectivity index (χ4v) is 2.94. The molecule has 0 spiro atoms. The lowest BCUT2D eigenvalue weighted by molar-refractivity contribution is -0.123. The molecule has 5 nitrogen and oxygen atoms in total. The monoisotopic (exact) mass is 412 g/mol. The first-order chi connectivity index (χ1) is 12.7. The fraction of sp³-hybridized carbons (Fsp3) is 0.100. The summed E-state index contributed by atoms with van der Waals surface area (Å²) >= 11 is 3.40. The second-order valence-corrected chi connectivity index (χ2v) is 6.34. The van der Waals surface area contributed by atoms with Gasteiger partial charge in [0.2, 0.25) is 0 Å². The molecule has 0 fully saturated rings. The molecule has 0 radical (unpaired) electrons. The van der Waals surface area contributed by atoms with E-state index in [2.05, 4.69) is 26.5 Å². The lowest BCUT2D eigenvalue weighted by Gasteiger charge is -2.06. The lowest BCUT2D eigenvalue weighted by atomic mass is 10.1. The molecule has 1 N–H and O–H groups in total. The van der Waals surface area contributed by atoms with E-state index < -0.39 is 0 Å². The van der Waals surface area contributed by atoms with E-state index >= 15 is 0 Å². The number of nitrogens with zero attached hydrogens (tertiary/aromatic N) is 1. The zero-order valence-electron chi connectivity index (χ0n) is 14.1. The highest BCUT2D eigenvalue weighted by atomic mass is 79.9. The first kappa shape index (κ1) is 17.9. The number of hydrazone groups is 1. The molecule has 6 heteroatoms. The van der Waals surface area contributed by atoms with Gasteiger partial charge in [0, 0.05) is 0 Å². The molecule has 0 aliphatic carbocycles. The van der Waals surface area contributed by atoms with Crippen molar-refractivity contribution in [2.45, 2.75) is 0 Å². The molecule has 0 bridgehead atoms. The van der Waals surface area contributed by atoms with E-state index in [0.717, 1.165) is 26.6 Å². The number of hydrogen-bond donors (Lipinski definition) is 1. The van der Waals surface area contributed by atoms with Gasteiger partial charge in [-0.25, -0.2) is 5.43 Å². The molecule has 1 amide bonds. The Hall–Kier alpha value is -2.86. The van der Waals surface area contributed by atoms with Gasteiger partial charge < -0.3 is 9.47 Å². The molecule has 3 aromatic rings. The van der Waals surface area contributed by atoms with E-state index in [1.807, 2.05) is 60.7 Å². The topological polar surface area (TPSA) is 59.9 Å². The molecule has 3 aromatic carbocycles. The number of carbonyl (C=O) groups excluding carboxylic acids is 1. The van der Waals surface area contributed by atoms with Crippen LogP contribution in [-0.2, 0) is 4.79 Å². The van der Waals surface area contributed by atoms with Gasteiger partial charge in [0.1, 0.15) is 11.5 Å². The van der Waals surface area contributed by atoms with Crippen LogP contribution in [0.4, 0.5) is 0 Å². The summed E-state index contributed by atoms with van der Waals surface area (Å²) in [5, 5.41) is 6.12. The van der Waals surface area contributed by atoms with Crippen molar-refractivity contribution in [1.82, 2.24) is 5.43 Å². The predicted octanol–water partition coefficient (Wildman–Crippen LogP) is 4.14. The molecule has 0 saturated carbocycles. The second kappa shape index (κ2) is 8.49. The van der Waals surface area contributed by atoms with Gasteiger partial charge in [-0.3, -0.25) is 4.79 Å². The van der Waals surface area contributed by atoms with Crippen LogP contribution in [0.5, 0.6) is 11.5 Å². The number of ether oxygens (including phenoxy) is 2. The van der Waals surface area contributed by atoms with E-state index in [1.165, 1.54) is 0 Å². The highest BCUT2D eigenvalue weighted by Crippen LogP contribution is 2.24. The molecule has 26 heavy (non-hydrogen) atoms. The third kappa shape index (κ3) is 4.61. The Morgan fingerprint density at radius 1 is 1.12 bits per heavy atom. The van der Waals surface area contributed by atoms with Gasteiger partial charge >= 0.3 is 0 Å². The summed E-state index contributed by atoms with van der Waals surface area (Å²) in [6, 6.07) is 19.2. The van der Waals surface area contributed by atoms with Crippen molar-refractivity contribution >= 4 is 38.8 Å². The summed E-state index contributed by atoms with van der Waals surface area (Å²) in [7, 11) is 1.60. The van der Waals surface area contributed by atoms with E-state index in [4.69, 9.17) is 9.47 Å². The maximum Gasteiger partial charge on any atom is 0.277 e. The van der Waals surface area contributed by atoms with Crippen LogP contribution in [0.3, 0.4) is 0 Å². The Labute approximate surface area is 159 Å². The largest absolute Gasteiger partial charge is 0.496 e. The molecule has 0 heterocycles. The molecule has 0 atom stereocenters. The Bertz CT molecular complexity index is 957. The number of halogens is 1. The van der Waals surface area contributed by atoms with Gasteiger partial charge in [-0.15, -0.1) is 0 Å². The number of carbonyl (C=O) groups is 1. The number of benzene rings is 3. The Morgan fingerprint density at radius 3 is 2.69 bits per heavy atom. The normalized spacial score (nSPS) is 10.8. The van der Waals surface area contributed by atoms with E-state index in [0.29, 0.717) is 5.75 Å². The van der Waals surface area contributed by atoms with E-state index in [-0.39, 0.29) is 12.5 Å². The SMILES string of the molecule is COc1ccc(/C=N\NC(=O)COc2ccc3ccccc3c2)cc1Br.